The summed E-state index contributed by atoms with van der Waals surface area (Å²) in [7, 11) is 0. The normalized spacial score (nSPS) is 8.67. The van der Waals surface area contributed by atoms with Crippen molar-refractivity contribution < 1.29 is 19.8 Å². The Kier molecular flexibility index (Phi) is 5.78. The van der Waals surface area contributed by atoms with Gasteiger partial charge in [0.2, 0.25) is 0 Å². The molecule has 1 aromatic carbocycles. The number of aliphatic carboxylic acids is 2. The quantitative estimate of drug-likeness (QED) is 0.779. The zero-order chi connectivity index (χ0) is 11.8. The number of carboxylic acids is 2. The number of benzene rings is 1. The first kappa shape index (κ1) is 13.2. The highest BCUT2D eigenvalue weighted by molar-refractivity contribution is 5.70. The second-order valence-corrected chi connectivity index (χ2v) is 3.08. The Hall–Kier alpha value is -1.84. The van der Waals surface area contributed by atoms with Crippen molar-refractivity contribution in [2.45, 2.75) is 20.3 Å². The van der Waals surface area contributed by atoms with Gasteiger partial charge in [0.1, 0.15) is 0 Å². The first-order valence-electron chi connectivity index (χ1n) is 4.38. The summed E-state index contributed by atoms with van der Waals surface area (Å²) in [6.07, 6.45) is 0.111. The zero-order valence-electron chi connectivity index (χ0n) is 8.73. The Labute approximate surface area is 88.2 Å². The summed E-state index contributed by atoms with van der Waals surface area (Å²) in [6.45, 7) is 3.06. The van der Waals surface area contributed by atoms with Crippen LogP contribution < -0.4 is 0 Å². The fraction of sp³-hybridized carbons (Fsp3) is 0.273. The van der Waals surface area contributed by atoms with Crippen LogP contribution in [0.4, 0.5) is 0 Å². The molecule has 1 aromatic rings. The average molecular weight is 210 g/mol. The van der Waals surface area contributed by atoms with Gasteiger partial charge in [-0.15, -0.1) is 0 Å². The molecule has 4 heteroatoms. The topological polar surface area (TPSA) is 74.6 Å². The van der Waals surface area contributed by atoms with E-state index in [9.17, 15) is 4.79 Å². The molecule has 0 radical (unpaired) electrons. The molecule has 0 atom stereocenters. The fourth-order valence-electron chi connectivity index (χ4n) is 0.881. The summed E-state index contributed by atoms with van der Waals surface area (Å²) < 4.78 is 0. The first-order valence-corrected chi connectivity index (χ1v) is 4.38. The number of hydrogen-bond acceptors (Lipinski definition) is 2. The van der Waals surface area contributed by atoms with Gasteiger partial charge in [0.05, 0.1) is 6.42 Å². The Morgan fingerprint density at radius 1 is 1.13 bits per heavy atom. The van der Waals surface area contributed by atoms with Crippen molar-refractivity contribution in [1.82, 2.24) is 0 Å². The van der Waals surface area contributed by atoms with Crippen molar-refractivity contribution in [3.8, 4) is 0 Å². The van der Waals surface area contributed by atoms with Gasteiger partial charge in [0.15, 0.2) is 0 Å². The van der Waals surface area contributed by atoms with Gasteiger partial charge in [-0.2, -0.15) is 0 Å². The van der Waals surface area contributed by atoms with E-state index >= 15 is 0 Å². The Morgan fingerprint density at radius 2 is 1.53 bits per heavy atom. The monoisotopic (exact) mass is 210 g/mol. The molecular formula is C11H14O4. The van der Waals surface area contributed by atoms with Gasteiger partial charge >= 0.3 is 5.97 Å². The molecule has 0 aliphatic rings. The molecule has 0 saturated heterocycles. The highest BCUT2D eigenvalue weighted by Crippen LogP contribution is 2.03. The Balaban J connectivity index is 0.000000423. The summed E-state index contributed by atoms with van der Waals surface area (Å²) in [5.41, 5.74) is 2.00. The standard InChI is InChI=1S/C9H10O2.C2H4O2/c1-7-2-4-8(5-3-7)6-9(10)11;1-2(3)4/h2-5H,6H2,1H3,(H,10,11);1H3,(H,3,4). The fourth-order valence-corrected chi connectivity index (χ4v) is 0.881. The Morgan fingerprint density at radius 3 is 1.87 bits per heavy atom. The van der Waals surface area contributed by atoms with E-state index in [1.165, 1.54) is 0 Å². The van der Waals surface area contributed by atoms with Crippen LogP contribution in [0, 0.1) is 6.92 Å². The molecule has 0 aromatic heterocycles. The lowest BCUT2D eigenvalue weighted by Crippen LogP contribution is -1.99. The number of hydrogen-bond donors (Lipinski definition) is 2. The summed E-state index contributed by atoms with van der Waals surface area (Å²) in [6, 6.07) is 7.50. The van der Waals surface area contributed by atoms with Crippen LogP contribution in [0.5, 0.6) is 0 Å². The van der Waals surface area contributed by atoms with E-state index in [2.05, 4.69) is 0 Å². The molecule has 4 nitrogen and oxygen atoms in total. The molecule has 0 spiro atoms. The van der Waals surface area contributed by atoms with Gasteiger partial charge in [0, 0.05) is 6.92 Å². The molecule has 0 aliphatic carbocycles. The minimum atomic E-state index is -0.833. The van der Waals surface area contributed by atoms with Gasteiger partial charge in [-0.25, -0.2) is 0 Å². The molecule has 1 rings (SSSR count). The summed E-state index contributed by atoms with van der Waals surface area (Å²) in [5, 5.41) is 15.9. The van der Waals surface area contributed by atoms with Gasteiger partial charge in [0.25, 0.3) is 5.97 Å². The third-order valence-electron chi connectivity index (χ3n) is 1.48. The van der Waals surface area contributed by atoms with Crippen LogP contribution in [0.3, 0.4) is 0 Å². The molecule has 0 amide bonds. The van der Waals surface area contributed by atoms with E-state index in [0.29, 0.717) is 0 Å². The van der Waals surface area contributed by atoms with Crippen LogP contribution in [0.25, 0.3) is 0 Å². The summed E-state index contributed by atoms with van der Waals surface area (Å²) >= 11 is 0. The van der Waals surface area contributed by atoms with Crippen molar-refractivity contribution in [2.24, 2.45) is 0 Å². The third kappa shape index (κ3) is 8.49. The molecule has 0 unspecified atom stereocenters. The number of carbonyl (C=O) groups is 2. The largest absolute Gasteiger partial charge is 0.481 e. The van der Waals surface area contributed by atoms with Gasteiger partial charge in [-0.3, -0.25) is 9.59 Å². The van der Waals surface area contributed by atoms with Crippen LogP contribution in [0.1, 0.15) is 18.1 Å². The lowest BCUT2D eigenvalue weighted by atomic mass is 10.1. The van der Waals surface area contributed by atoms with Gasteiger partial charge in [-0.05, 0) is 12.5 Å². The Bertz CT molecular complexity index is 323. The van der Waals surface area contributed by atoms with Crippen LogP contribution in [0.15, 0.2) is 24.3 Å². The molecular weight excluding hydrogens is 196 g/mol. The minimum Gasteiger partial charge on any atom is -0.481 e. The third-order valence-corrected chi connectivity index (χ3v) is 1.48. The molecule has 0 fully saturated rings. The molecule has 0 aliphatic heterocycles. The van der Waals surface area contributed by atoms with Crippen LogP contribution in [-0.2, 0) is 16.0 Å². The van der Waals surface area contributed by atoms with E-state index in [0.717, 1.165) is 18.1 Å². The number of aryl methyl sites for hydroxylation is 1. The minimum absolute atomic E-state index is 0.111. The lowest BCUT2D eigenvalue weighted by molar-refractivity contribution is -0.136. The summed E-state index contributed by atoms with van der Waals surface area (Å²) in [4.78, 5) is 19.3. The van der Waals surface area contributed by atoms with Crippen molar-refractivity contribution in [3.05, 3.63) is 35.4 Å². The molecule has 82 valence electrons. The van der Waals surface area contributed by atoms with Crippen LogP contribution >= 0.6 is 0 Å². The predicted molar refractivity (Wildman–Crippen MR) is 55.8 cm³/mol. The van der Waals surface area contributed by atoms with Crippen LogP contribution in [0.2, 0.25) is 0 Å². The molecule has 2 N–H and O–H groups in total. The van der Waals surface area contributed by atoms with E-state index in [1.54, 1.807) is 0 Å². The maximum Gasteiger partial charge on any atom is 0.307 e. The van der Waals surface area contributed by atoms with Crippen molar-refractivity contribution in [1.29, 1.82) is 0 Å². The smallest absolute Gasteiger partial charge is 0.307 e. The van der Waals surface area contributed by atoms with Crippen LogP contribution in [-0.4, -0.2) is 22.2 Å². The highest BCUT2D eigenvalue weighted by atomic mass is 16.4. The summed E-state index contributed by atoms with van der Waals surface area (Å²) in [5.74, 6) is -1.62. The maximum absolute atomic E-state index is 10.3. The molecule has 0 saturated carbocycles. The van der Waals surface area contributed by atoms with E-state index in [4.69, 9.17) is 15.0 Å². The molecule has 15 heavy (non-hydrogen) atoms. The second-order valence-electron chi connectivity index (χ2n) is 3.08. The van der Waals surface area contributed by atoms with E-state index < -0.39 is 11.9 Å². The molecule has 0 heterocycles. The van der Waals surface area contributed by atoms with E-state index in [-0.39, 0.29) is 6.42 Å². The van der Waals surface area contributed by atoms with E-state index in [1.807, 2.05) is 31.2 Å². The maximum atomic E-state index is 10.3. The van der Waals surface area contributed by atoms with Crippen molar-refractivity contribution >= 4 is 11.9 Å². The van der Waals surface area contributed by atoms with Crippen molar-refractivity contribution in [2.75, 3.05) is 0 Å². The lowest BCUT2D eigenvalue weighted by Gasteiger charge is -1.96. The number of carboxylic acid groups (broad SMARTS) is 2. The number of rotatable bonds is 2. The van der Waals surface area contributed by atoms with Gasteiger partial charge in [-0.1, -0.05) is 29.8 Å². The predicted octanol–water partition coefficient (Wildman–Crippen LogP) is 1.71. The van der Waals surface area contributed by atoms with Gasteiger partial charge < -0.3 is 10.2 Å². The second kappa shape index (κ2) is 6.59. The zero-order valence-corrected chi connectivity index (χ0v) is 8.73. The highest BCUT2D eigenvalue weighted by Gasteiger charge is 1.97. The molecule has 0 bridgehead atoms. The first-order chi connectivity index (χ1) is 6.91. The average Bonchev–Trinajstić information content (AvgIpc) is 2.07. The van der Waals surface area contributed by atoms with Crippen molar-refractivity contribution in [3.63, 3.8) is 0 Å². The SMILES string of the molecule is CC(=O)O.Cc1ccc(CC(=O)O)cc1.